The minimum absolute atomic E-state index is 0.200. The molecule has 0 saturated carbocycles. The number of carbonyl (C=O) groups excluding carboxylic acids is 1. The summed E-state index contributed by atoms with van der Waals surface area (Å²) in [5, 5.41) is 10.5. The molecule has 1 saturated heterocycles. The van der Waals surface area contributed by atoms with E-state index in [0.29, 0.717) is 16.3 Å². The molecular weight excluding hydrogens is 368 g/mol. The van der Waals surface area contributed by atoms with E-state index in [4.69, 9.17) is 29.6 Å². The average Bonchev–Trinajstić information content (AvgIpc) is 3.09. The van der Waals surface area contributed by atoms with Gasteiger partial charge in [0.25, 0.3) is 5.91 Å². The first-order chi connectivity index (χ1) is 12.5. The van der Waals surface area contributed by atoms with Gasteiger partial charge < -0.3 is 5.73 Å². The van der Waals surface area contributed by atoms with Gasteiger partial charge in [-0.25, -0.2) is 0 Å². The molecule has 5 nitrogen and oxygen atoms in total. The van der Waals surface area contributed by atoms with E-state index in [2.05, 4.69) is 6.07 Å². The molecule has 2 N–H and O–H groups in total. The molecule has 0 aromatic heterocycles. The fraction of sp³-hybridized carbons (Fsp3) is 0.105. The number of nitriles is 1. The lowest BCUT2D eigenvalue weighted by Crippen LogP contribution is -2.35. The lowest BCUT2D eigenvalue weighted by Gasteiger charge is -2.20. The number of para-hydroxylation sites is 1. The molecule has 2 heterocycles. The second-order valence-electron chi connectivity index (χ2n) is 6.05. The first kappa shape index (κ1) is 16.6. The number of nitrogens with two attached hydrogens (primary N) is 1. The zero-order valence-electron chi connectivity index (χ0n) is 13.5. The van der Waals surface area contributed by atoms with Crippen molar-refractivity contribution < 1.29 is 4.79 Å². The monoisotopic (exact) mass is 380 g/mol. The van der Waals surface area contributed by atoms with Gasteiger partial charge in [-0.3, -0.25) is 14.6 Å². The minimum Gasteiger partial charge on any atom is -0.384 e. The number of carbonyl (C=O) groups is 1. The van der Waals surface area contributed by atoms with Crippen LogP contribution in [0, 0.1) is 11.3 Å². The van der Waals surface area contributed by atoms with E-state index < -0.39 is 12.0 Å². The zero-order chi connectivity index (χ0) is 18.4. The number of thiocarbonyl (C=S) groups is 1. The SMILES string of the molecule is N#CC1=C(N)N2C(=S)N(c3ccccc3)C(=O)C2C1c1ccc(Cl)cc1. The Morgan fingerprint density at radius 3 is 2.38 bits per heavy atom. The molecule has 0 spiro atoms. The molecule has 4 rings (SSSR count). The van der Waals surface area contributed by atoms with E-state index >= 15 is 0 Å². The average molecular weight is 381 g/mol. The van der Waals surface area contributed by atoms with Crippen molar-refractivity contribution in [2.75, 3.05) is 4.90 Å². The normalized spacial score (nSPS) is 22.0. The molecule has 2 aliphatic rings. The van der Waals surface area contributed by atoms with E-state index in [0.717, 1.165) is 5.56 Å². The van der Waals surface area contributed by atoms with Crippen LogP contribution in [0.4, 0.5) is 5.69 Å². The summed E-state index contributed by atoms with van der Waals surface area (Å²) in [5.41, 5.74) is 8.04. The third kappa shape index (κ3) is 2.29. The van der Waals surface area contributed by atoms with Crippen LogP contribution in [0.2, 0.25) is 5.02 Å². The summed E-state index contributed by atoms with van der Waals surface area (Å²) in [4.78, 5) is 16.3. The first-order valence-corrected chi connectivity index (χ1v) is 8.70. The molecule has 2 atom stereocenters. The van der Waals surface area contributed by atoms with Gasteiger partial charge >= 0.3 is 0 Å². The number of rotatable bonds is 2. The Morgan fingerprint density at radius 1 is 1.12 bits per heavy atom. The highest BCUT2D eigenvalue weighted by atomic mass is 35.5. The van der Waals surface area contributed by atoms with Crippen molar-refractivity contribution in [1.29, 1.82) is 5.26 Å². The Balaban J connectivity index is 1.83. The van der Waals surface area contributed by atoms with Gasteiger partial charge in [-0.2, -0.15) is 5.26 Å². The molecule has 26 heavy (non-hydrogen) atoms. The highest BCUT2D eigenvalue weighted by molar-refractivity contribution is 7.80. The van der Waals surface area contributed by atoms with E-state index in [1.54, 1.807) is 17.0 Å². The van der Waals surface area contributed by atoms with Gasteiger partial charge in [-0.15, -0.1) is 0 Å². The highest BCUT2D eigenvalue weighted by Gasteiger charge is 2.54. The summed E-state index contributed by atoms with van der Waals surface area (Å²) in [5.74, 6) is -0.458. The van der Waals surface area contributed by atoms with Crippen molar-refractivity contribution in [2.45, 2.75) is 12.0 Å². The molecule has 128 valence electrons. The van der Waals surface area contributed by atoms with Crippen LogP contribution in [0.1, 0.15) is 11.5 Å². The number of benzene rings is 2. The Bertz CT molecular complexity index is 981. The predicted molar refractivity (Wildman–Crippen MR) is 103 cm³/mol. The number of anilines is 1. The van der Waals surface area contributed by atoms with Gasteiger partial charge in [0, 0.05) is 5.02 Å². The predicted octanol–water partition coefficient (Wildman–Crippen LogP) is 3.13. The molecule has 2 aromatic carbocycles. The van der Waals surface area contributed by atoms with Crippen LogP contribution in [-0.4, -0.2) is 22.0 Å². The number of halogens is 1. The minimum atomic E-state index is -0.668. The molecule has 2 aliphatic heterocycles. The molecular formula is C19H13ClN4OS. The topological polar surface area (TPSA) is 73.4 Å². The van der Waals surface area contributed by atoms with Crippen LogP contribution < -0.4 is 10.6 Å². The molecule has 1 amide bonds. The van der Waals surface area contributed by atoms with Gasteiger partial charge in [-0.05, 0) is 42.0 Å². The van der Waals surface area contributed by atoms with Crippen LogP contribution >= 0.6 is 23.8 Å². The number of amides is 1. The van der Waals surface area contributed by atoms with E-state index in [-0.39, 0.29) is 16.8 Å². The third-order valence-corrected chi connectivity index (χ3v) is 5.31. The molecule has 2 aromatic rings. The van der Waals surface area contributed by atoms with Crippen molar-refractivity contribution in [2.24, 2.45) is 5.73 Å². The van der Waals surface area contributed by atoms with E-state index in [1.165, 1.54) is 4.90 Å². The van der Waals surface area contributed by atoms with E-state index in [1.807, 2.05) is 42.5 Å². The van der Waals surface area contributed by atoms with Crippen molar-refractivity contribution in [1.82, 2.24) is 4.90 Å². The maximum Gasteiger partial charge on any atom is 0.257 e. The summed E-state index contributed by atoms with van der Waals surface area (Å²) in [6.07, 6.45) is 0. The standard InChI is InChI=1S/C19H13ClN4OS/c20-12-8-6-11(7-9-12)15-14(10-21)17(22)24-16(15)18(25)23(19(24)26)13-4-2-1-3-5-13/h1-9,15-16H,22H2. The Kier molecular flexibility index (Phi) is 3.91. The fourth-order valence-electron chi connectivity index (χ4n) is 3.52. The number of fused-ring (bicyclic) bond motifs is 1. The van der Waals surface area contributed by atoms with Crippen LogP contribution in [-0.2, 0) is 4.79 Å². The summed E-state index contributed by atoms with van der Waals surface area (Å²) in [7, 11) is 0. The van der Waals surface area contributed by atoms with Crippen molar-refractivity contribution in [3.05, 3.63) is 76.6 Å². The molecule has 0 aliphatic carbocycles. The Morgan fingerprint density at radius 2 is 1.77 bits per heavy atom. The quantitative estimate of drug-likeness (QED) is 0.810. The van der Waals surface area contributed by atoms with Crippen LogP contribution in [0.3, 0.4) is 0 Å². The number of hydrogen-bond acceptors (Lipinski definition) is 4. The largest absolute Gasteiger partial charge is 0.384 e. The Hall–Kier alpha value is -2.88. The summed E-state index contributed by atoms with van der Waals surface area (Å²) in [6, 6.07) is 17.7. The van der Waals surface area contributed by atoms with Gasteiger partial charge in [0.2, 0.25) is 0 Å². The lowest BCUT2D eigenvalue weighted by molar-refractivity contribution is -0.119. The maximum atomic E-state index is 13.2. The molecule has 0 radical (unpaired) electrons. The van der Waals surface area contributed by atoms with Crippen LogP contribution in [0.5, 0.6) is 0 Å². The van der Waals surface area contributed by atoms with Gasteiger partial charge in [0.05, 0.1) is 23.2 Å². The second-order valence-corrected chi connectivity index (χ2v) is 6.85. The molecule has 1 fully saturated rings. The first-order valence-electron chi connectivity index (χ1n) is 7.92. The van der Waals surface area contributed by atoms with Gasteiger partial charge in [-0.1, -0.05) is 41.9 Å². The maximum absolute atomic E-state index is 13.2. The van der Waals surface area contributed by atoms with Crippen molar-refractivity contribution in [3.8, 4) is 6.07 Å². The number of nitrogens with zero attached hydrogens (tertiary/aromatic N) is 3. The van der Waals surface area contributed by atoms with Gasteiger partial charge in [0.1, 0.15) is 11.9 Å². The zero-order valence-corrected chi connectivity index (χ0v) is 15.0. The lowest BCUT2D eigenvalue weighted by atomic mass is 9.87. The smallest absolute Gasteiger partial charge is 0.257 e. The van der Waals surface area contributed by atoms with Crippen LogP contribution in [0.25, 0.3) is 0 Å². The number of hydrogen-bond donors (Lipinski definition) is 1. The summed E-state index contributed by atoms with van der Waals surface area (Å²) in [6.45, 7) is 0. The molecule has 2 unspecified atom stereocenters. The molecule has 0 bridgehead atoms. The highest BCUT2D eigenvalue weighted by Crippen LogP contribution is 2.44. The molecule has 7 heteroatoms. The summed E-state index contributed by atoms with van der Waals surface area (Å²) < 4.78 is 0. The van der Waals surface area contributed by atoms with Crippen LogP contribution in [0.15, 0.2) is 66.0 Å². The van der Waals surface area contributed by atoms with Crippen molar-refractivity contribution in [3.63, 3.8) is 0 Å². The fourth-order valence-corrected chi connectivity index (χ4v) is 4.05. The second kappa shape index (κ2) is 6.13. The Labute approximate surface area is 160 Å². The van der Waals surface area contributed by atoms with Crippen molar-refractivity contribution >= 4 is 40.5 Å². The van der Waals surface area contributed by atoms with E-state index in [9.17, 15) is 10.1 Å². The summed E-state index contributed by atoms with van der Waals surface area (Å²) >= 11 is 11.5. The van der Waals surface area contributed by atoms with Gasteiger partial charge in [0.15, 0.2) is 5.11 Å². The third-order valence-electron chi connectivity index (χ3n) is 4.68.